The van der Waals surface area contributed by atoms with Crippen LogP contribution in [-0.4, -0.2) is 10.5 Å². The molecule has 0 spiro atoms. The number of thiazole rings is 1. The summed E-state index contributed by atoms with van der Waals surface area (Å²) in [5, 5.41) is 0. The van der Waals surface area contributed by atoms with E-state index in [0.717, 1.165) is 0 Å². The van der Waals surface area contributed by atoms with Gasteiger partial charge < -0.3 is 5.73 Å². The van der Waals surface area contributed by atoms with Gasteiger partial charge >= 0.3 is 0 Å². The predicted molar refractivity (Wildman–Crippen MR) is 51.3 cm³/mol. The average molecular weight is 182 g/mol. The highest BCUT2D eigenvalue weighted by Gasteiger charge is 2.54. The van der Waals surface area contributed by atoms with E-state index in [1.165, 1.54) is 17.7 Å². The van der Waals surface area contributed by atoms with Crippen molar-refractivity contribution >= 4 is 11.3 Å². The third-order valence-electron chi connectivity index (χ3n) is 2.89. The molecule has 3 heteroatoms. The zero-order valence-corrected chi connectivity index (χ0v) is 8.32. The van der Waals surface area contributed by atoms with Gasteiger partial charge in [0, 0.05) is 22.0 Å². The molecule has 66 valence electrons. The number of nitrogens with zero attached hydrogens (tertiary/aromatic N) is 1. The lowest BCUT2D eigenvalue weighted by molar-refractivity contribution is 0.396. The van der Waals surface area contributed by atoms with Gasteiger partial charge in [-0.15, -0.1) is 11.3 Å². The first-order valence-electron chi connectivity index (χ1n) is 4.24. The molecule has 1 aromatic heterocycles. The van der Waals surface area contributed by atoms with E-state index < -0.39 is 0 Å². The molecule has 0 bridgehead atoms. The molecule has 1 aliphatic rings. The Balaban J connectivity index is 2.35. The van der Waals surface area contributed by atoms with Gasteiger partial charge in [0.25, 0.3) is 0 Å². The van der Waals surface area contributed by atoms with Crippen molar-refractivity contribution in [3.05, 3.63) is 16.6 Å². The van der Waals surface area contributed by atoms with Crippen LogP contribution in [0.5, 0.6) is 0 Å². The van der Waals surface area contributed by atoms with Gasteiger partial charge in [-0.3, -0.25) is 4.98 Å². The van der Waals surface area contributed by atoms with Crippen molar-refractivity contribution < 1.29 is 0 Å². The van der Waals surface area contributed by atoms with Crippen LogP contribution in [0.25, 0.3) is 0 Å². The molecule has 0 unspecified atom stereocenters. The lowest BCUT2D eigenvalue weighted by Gasteiger charge is -2.29. The lowest BCUT2D eigenvalue weighted by atomic mass is 9.84. The van der Waals surface area contributed by atoms with E-state index in [-0.39, 0.29) is 11.0 Å². The number of hydrogen-bond acceptors (Lipinski definition) is 3. The minimum absolute atomic E-state index is 0.0977. The van der Waals surface area contributed by atoms with Gasteiger partial charge in [-0.1, -0.05) is 0 Å². The summed E-state index contributed by atoms with van der Waals surface area (Å²) >= 11 is 1.73. The van der Waals surface area contributed by atoms with E-state index in [9.17, 15) is 0 Å². The van der Waals surface area contributed by atoms with Crippen LogP contribution in [0.2, 0.25) is 0 Å². The molecule has 1 aromatic rings. The predicted octanol–water partition coefficient (Wildman–Crippen LogP) is 1.91. The Kier molecular flexibility index (Phi) is 1.57. The zero-order chi connectivity index (χ0) is 8.82. The SMILES string of the molecule is CC(C)(N)C1(c2cncs2)CC1. The first kappa shape index (κ1) is 8.20. The van der Waals surface area contributed by atoms with Crippen molar-refractivity contribution in [2.75, 3.05) is 0 Å². The van der Waals surface area contributed by atoms with Crippen molar-refractivity contribution in [1.29, 1.82) is 0 Å². The van der Waals surface area contributed by atoms with Crippen molar-refractivity contribution in [1.82, 2.24) is 4.98 Å². The normalized spacial score (nSPS) is 20.9. The standard InChI is InChI=1S/C9H14N2S/c1-8(2,10)9(3-4-9)7-5-11-6-12-7/h5-6H,3-4,10H2,1-2H3. The molecule has 2 rings (SSSR count). The smallest absolute Gasteiger partial charge is 0.0794 e. The molecule has 1 fully saturated rings. The monoisotopic (exact) mass is 182 g/mol. The van der Waals surface area contributed by atoms with Crippen molar-refractivity contribution in [2.45, 2.75) is 37.6 Å². The molecule has 2 nitrogen and oxygen atoms in total. The van der Waals surface area contributed by atoms with Gasteiger partial charge in [0.2, 0.25) is 0 Å². The fraction of sp³-hybridized carbons (Fsp3) is 0.667. The minimum atomic E-state index is -0.0977. The summed E-state index contributed by atoms with van der Waals surface area (Å²) in [7, 11) is 0. The largest absolute Gasteiger partial charge is 0.325 e. The van der Waals surface area contributed by atoms with Crippen LogP contribution >= 0.6 is 11.3 Å². The first-order chi connectivity index (χ1) is 5.56. The minimum Gasteiger partial charge on any atom is -0.325 e. The van der Waals surface area contributed by atoms with Gasteiger partial charge in [0.05, 0.1) is 5.51 Å². The molecule has 0 aliphatic heterocycles. The van der Waals surface area contributed by atoms with Crippen LogP contribution in [0.3, 0.4) is 0 Å². The van der Waals surface area contributed by atoms with Crippen molar-refractivity contribution in [3.63, 3.8) is 0 Å². The maximum Gasteiger partial charge on any atom is 0.0794 e. The Hall–Kier alpha value is -0.410. The molecule has 0 amide bonds. The number of aromatic nitrogens is 1. The summed E-state index contributed by atoms with van der Waals surface area (Å²) in [6.07, 6.45) is 4.41. The third kappa shape index (κ3) is 1.00. The molecule has 1 aliphatic carbocycles. The molecule has 2 N–H and O–H groups in total. The van der Waals surface area contributed by atoms with Gasteiger partial charge in [0.1, 0.15) is 0 Å². The maximum atomic E-state index is 6.15. The summed E-state index contributed by atoms with van der Waals surface area (Å²) in [5.74, 6) is 0. The summed E-state index contributed by atoms with van der Waals surface area (Å²) in [4.78, 5) is 5.46. The maximum absolute atomic E-state index is 6.15. The van der Waals surface area contributed by atoms with E-state index in [0.29, 0.717) is 0 Å². The van der Waals surface area contributed by atoms with E-state index >= 15 is 0 Å². The highest BCUT2D eigenvalue weighted by Crippen LogP contribution is 2.55. The summed E-state index contributed by atoms with van der Waals surface area (Å²) in [6.45, 7) is 4.22. The second-order valence-electron chi connectivity index (χ2n) is 4.17. The highest BCUT2D eigenvalue weighted by atomic mass is 32.1. The first-order valence-corrected chi connectivity index (χ1v) is 5.12. The lowest BCUT2D eigenvalue weighted by Crippen LogP contribution is -2.44. The molecule has 0 saturated heterocycles. The van der Waals surface area contributed by atoms with Crippen LogP contribution in [0.1, 0.15) is 31.6 Å². The van der Waals surface area contributed by atoms with Gasteiger partial charge in [-0.05, 0) is 26.7 Å². The number of rotatable bonds is 2. The number of nitrogens with two attached hydrogens (primary N) is 1. The molecular formula is C9H14N2S. The Bertz CT molecular complexity index is 267. The topological polar surface area (TPSA) is 38.9 Å². The van der Waals surface area contributed by atoms with Crippen LogP contribution < -0.4 is 5.73 Å². The van der Waals surface area contributed by atoms with Crippen LogP contribution in [0.15, 0.2) is 11.7 Å². The Morgan fingerprint density at radius 2 is 2.25 bits per heavy atom. The molecule has 12 heavy (non-hydrogen) atoms. The van der Waals surface area contributed by atoms with Crippen molar-refractivity contribution in [2.24, 2.45) is 5.73 Å². The zero-order valence-electron chi connectivity index (χ0n) is 7.50. The second-order valence-corrected chi connectivity index (χ2v) is 5.06. The fourth-order valence-corrected chi connectivity index (χ4v) is 2.84. The van der Waals surface area contributed by atoms with Crippen LogP contribution in [0, 0.1) is 0 Å². The summed E-state index contributed by atoms with van der Waals surface area (Å²) < 4.78 is 0. The quantitative estimate of drug-likeness (QED) is 0.759. The average Bonchev–Trinajstić information content (AvgIpc) is 2.61. The second kappa shape index (κ2) is 2.30. The van der Waals surface area contributed by atoms with E-state index in [1.54, 1.807) is 11.3 Å². The summed E-state index contributed by atoms with van der Waals surface area (Å²) in [5.41, 5.74) is 8.18. The third-order valence-corrected chi connectivity index (χ3v) is 3.86. The molecule has 0 atom stereocenters. The van der Waals surface area contributed by atoms with Crippen LogP contribution in [-0.2, 0) is 5.41 Å². The highest BCUT2D eigenvalue weighted by molar-refractivity contribution is 7.09. The Morgan fingerprint density at radius 3 is 2.58 bits per heavy atom. The molecular weight excluding hydrogens is 168 g/mol. The summed E-state index contributed by atoms with van der Waals surface area (Å²) in [6, 6.07) is 0. The Labute approximate surface area is 76.8 Å². The van der Waals surface area contributed by atoms with Gasteiger partial charge in [-0.25, -0.2) is 0 Å². The molecule has 1 heterocycles. The fourth-order valence-electron chi connectivity index (χ4n) is 1.79. The van der Waals surface area contributed by atoms with E-state index in [2.05, 4.69) is 18.8 Å². The van der Waals surface area contributed by atoms with E-state index in [4.69, 9.17) is 5.73 Å². The van der Waals surface area contributed by atoms with Crippen molar-refractivity contribution in [3.8, 4) is 0 Å². The van der Waals surface area contributed by atoms with Gasteiger partial charge in [0.15, 0.2) is 0 Å². The Morgan fingerprint density at radius 1 is 1.58 bits per heavy atom. The molecule has 0 radical (unpaired) electrons. The van der Waals surface area contributed by atoms with E-state index in [1.807, 2.05) is 11.7 Å². The molecule has 0 aromatic carbocycles. The molecule has 1 saturated carbocycles. The van der Waals surface area contributed by atoms with Gasteiger partial charge in [-0.2, -0.15) is 0 Å². The number of hydrogen-bond donors (Lipinski definition) is 1. The van der Waals surface area contributed by atoms with Crippen LogP contribution in [0.4, 0.5) is 0 Å².